The summed E-state index contributed by atoms with van der Waals surface area (Å²) in [5, 5.41) is 9.77. The molecule has 0 aromatic heterocycles. The average Bonchev–Trinajstić information content (AvgIpc) is 3.07. The van der Waals surface area contributed by atoms with Gasteiger partial charge in [-0.25, -0.2) is 0 Å². The smallest absolute Gasteiger partial charge is 0.311 e. The Morgan fingerprint density at radius 1 is 1.19 bits per heavy atom. The number of hydrogen-bond donors (Lipinski definition) is 1. The molecule has 0 saturated carbocycles. The van der Waals surface area contributed by atoms with Crippen LogP contribution in [-0.2, 0) is 9.53 Å². The number of aliphatic carboxylic acids is 1. The van der Waals surface area contributed by atoms with Gasteiger partial charge in [-0.05, 0) is 18.6 Å². The van der Waals surface area contributed by atoms with Gasteiger partial charge >= 0.3 is 5.97 Å². The fourth-order valence-electron chi connectivity index (χ4n) is 3.89. The van der Waals surface area contributed by atoms with Crippen molar-refractivity contribution < 1.29 is 33.6 Å². The Morgan fingerprint density at radius 3 is 2.50 bits per heavy atom. The van der Waals surface area contributed by atoms with Crippen molar-refractivity contribution in [2.75, 3.05) is 47.6 Å². The molecule has 1 aromatic rings. The summed E-state index contributed by atoms with van der Waals surface area (Å²) in [7, 11) is 4.42. The maximum atomic E-state index is 13.1. The standard InChI is InChI=1S/C18H23NO7/c1-23-13-5-4-12(14(24-2)15(13)25-3)16(20)19-8-11-9-26-7-6-18(11,10-19)17(21)22/h4-5,11H,6-10H2,1-3H3,(H,21,22)/t11-,18+/m0/s1. The molecule has 2 heterocycles. The van der Waals surface area contributed by atoms with E-state index in [2.05, 4.69) is 0 Å². The van der Waals surface area contributed by atoms with E-state index in [1.807, 2.05) is 0 Å². The third-order valence-electron chi connectivity index (χ3n) is 5.35. The van der Waals surface area contributed by atoms with Crippen molar-refractivity contribution in [2.24, 2.45) is 11.3 Å². The highest BCUT2D eigenvalue weighted by Gasteiger charge is 2.55. The number of carboxylic acids is 1. The first-order valence-corrected chi connectivity index (χ1v) is 8.38. The molecule has 2 fully saturated rings. The van der Waals surface area contributed by atoms with Crippen LogP contribution in [0.2, 0.25) is 0 Å². The monoisotopic (exact) mass is 365 g/mol. The number of rotatable bonds is 5. The van der Waals surface area contributed by atoms with Gasteiger partial charge in [0.2, 0.25) is 5.75 Å². The zero-order valence-corrected chi connectivity index (χ0v) is 15.1. The van der Waals surface area contributed by atoms with Crippen LogP contribution in [0.4, 0.5) is 0 Å². The fourth-order valence-corrected chi connectivity index (χ4v) is 3.89. The van der Waals surface area contributed by atoms with Crippen LogP contribution in [0.5, 0.6) is 17.2 Å². The van der Waals surface area contributed by atoms with Crippen LogP contribution < -0.4 is 14.2 Å². The van der Waals surface area contributed by atoms with Gasteiger partial charge < -0.3 is 29.0 Å². The molecule has 2 saturated heterocycles. The largest absolute Gasteiger partial charge is 0.493 e. The van der Waals surface area contributed by atoms with Crippen LogP contribution in [0.25, 0.3) is 0 Å². The molecule has 0 radical (unpaired) electrons. The molecule has 0 bridgehead atoms. The molecule has 2 atom stereocenters. The first-order valence-electron chi connectivity index (χ1n) is 8.38. The van der Waals surface area contributed by atoms with E-state index in [0.717, 1.165) is 0 Å². The van der Waals surface area contributed by atoms with Crippen molar-refractivity contribution in [3.63, 3.8) is 0 Å². The Hall–Kier alpha value is -2.48. The minimum Gasteiger partial charge on any atom is -0.493 e. The SMILES string of the molecule is COc1ccc(C(=O)N2C[C@H]3COCC[C@@]3(C(=O)O)C2)c(OC)c1OC. The summed E-state index contributed by atoms with van der Waals surface area (Å²) in [5.41, 5.74) is -0.636. The van der Waals surface area contributed by atoms with E-state index in [4.69, 9.17) is 18.9 Å². The lowest BCUT2D eigenvalue weighted by molar-refractivity contribution is -0.157. The quantitative estimate of drug-likeness (QED) is 0.840. The third-order valence-corrected chi connectivity index (χ3v) is 5.35. The number of methoxy groups -OCH3 is 3. The number of carbonyl (C=O) groups excluding carboxylic acids is 1. The Kier molecular flexibility index (Phi) is 4.95. The van der Waals surface area contributed by atoms with Crippen LogP contribution in [0.1, 0.15) is 16.8 Å². The van der Waals surface area contributed by atoms with Crippen molar-refractivity contribution >= 4 is 11.9 Å². The summed E-state index contributed by atoms with van der Waals surface area (Å²) in [4.78, 5) is 26.6. The van der Waals surface area contributed by atoms with Crippen molar-refractivity contribution in [1.29, 1.82) is 0 Å². The van der Waals surface area contributed by atoms with Gasteiger partial charge in [0.05, 0.1) is 38.9 Å². The second kappa shape index (κ2) is 7.03. The van der Waals surface area contributed by atoms with E-state index < -0.39 is 11.4 Å². The maximum absolute atomic E-state index is 13.1. The first-order chi connectivity index (χ1) is 12.5. The van der Waals surface area contributed by atoms with Gasteiger partial charge in [0.15, 0.2) is 11.5 Å². The Labute approximate surface area is 151 Å². The molecule has 142 valence electrons. The lowest BCUT2D eigenvalue weighted by Gasteiger charge is -2.33. The van der Waals surface area contributed by atoms with Crippen molar-refractivity contribution in [3.8, 4) is 17.2 Å². The number of carbonyl (C=O) groups is 2. The number of ether oxygens (including phenoxy) is 4. The predicted octanol–water partition coefficient (Wildman–Crippen LogP) is 1.28. The van der Waals surface area contributed by atoms with E-state index in [1.54, 1.807) is 17.0 Å². The molecule has 0 unspecified atom stereocenters. The molecule has 2 aliphatic rings. The van der Waals surface area contributed by atoms with E-state index in [0.29, 0.717) is 43.2 Å². The molecule has 0 aliphatic carbocycles. The molecule has 26 heavy (non-hydrogen) atoms. The Bertz CT molecular complexity index is 720. The summed E-state index contributed by atoms with van der Waals surface area (Å²) in [6.45, 7) is 1.24. The van der Waals surface area contributed by atoms with Crippen LogP contribution >= 0.6 is 0 Å². The van der Waals surface area contributed by atoms with Crippen molar-refractivity contribution in [2.45, 2.75) is 6.42 Å². The van der Waals surface area contributed by atoms with Gasteiger partial charge in [-0.15, -0.1) is 0 Å². The van der Waals surface area contributed by atoms with E-state index in [9.17, 15) is 14.7 Å². The summed E-state index contributed by atoms with van der Waals surface area (Å²) in [6.07, 6.45) is 0.403. The molecule has 3 rings (SSSR count). The van der Waals surface area contributed by atoms with Crippen molar-refractivity contribution in [3.05, 3.63) is 17.7 Å². The fraction of sp³-hybridized carbons (Fsp3) is 0.556. The predicted molar refractivity (Wildman–Crippen MR) is 91.0 cm³/mol. The summed E-state index contributed by atoms with van der Waals surface area (Å²) >= 11 is 0. The minimum absolute atomic E-state index is 0.159. The second-order valence-electron chi connectivity index (χ2n) is 6.55. The minimum atomic E-state index is -0.947. The number of likely N-dealkylation sites (tertiary alicyclic amines) is 1. The lowest BCUT2D eigenvalue weighted by Crippen LogP contribution is -2.45. The maximum Gasteiger partial charge on any atom is 0.311 e. The van der Waals surface area contributed by atoms with E-state index in [1.165, 1.54) is 21.3 Å². The molecule has 2 aliphatic heterocycles. The zero-order chi connectivity index (χ0) is 18.9. The number of carboxylic acid groups (broad SMARTS) is 1. The number of benzene rings is 1. The normalized spacial score (nSPS) is 24.7. The average molecular weight is 365 g/mol. The van der Waals surface area contributed by atoms with Crippen molar-refractivity contribution in [1.82, 2.24) is 4.90 Å². The molecule has 8 heteroatoms. The third kappa shape index (κ3) is 2.74. The van der Waals surface area contributed by atoms with Crippen LogP contribution in [0, 0.1) is 11.3 Å². The highest BCUT2D eigenvalue weighted by molar-refractivity contribution is 5.99. The van der Waals surface area contributed by atoms with E-state index in [-0.39, 0.29) is 24.1 Å². The number of hydrogen-bond acceptors (Lipinski definition) is 6. The first kappa shape index (κ1) is 18.3. The van der Waals surface area contributed by atoms with Gasteiger partial charge in [-0.3, -0.25) is 9.59 Å². The molecular formula is C18H23NO7. The van der Waals surface area contributed by atoms with Crippen LogP contribution in [-0.4, -0.2) is 69.5 Å². The second-order valence-corrected chi connectivity index (χ2v) is 6.55. The summed E-state index contributed by atoms with van der Waals surface area (Å²) in [6, 6.07) is 3.24. The Morgan fingerprint density at radius 2 is 1.92 bits per heavy atom. The summed E-state index contributed by atoms with van der Waals surface area (Å²) < 4.78 is 21.4. The van der Waals surface area contributed by atoms with Gasteiger partial charge in [0.1, 0.15) is 0 Å². The highest BCUT2D eigenvalue weighted by atomic mass is 16.5. The molecule has 8 nitrogen and oxygen atoms in total. The molecule has 1 aromatic carbocycles. The number of fused-ring (bicyclic) bond motifs is 1. The molecular weight excluding hydrogens is 342 g/mol. The van der Waals surface area contributed by atoms with Crippen LogP contribution in [0.3, 0.4) is 0 Å². The summed E-state index contributed by atoms with van der Waals surface area (Å²) in [5.74, 6) is -0.338. The lowest BCUT2D eigenvalue weighted by atomic mass is 9.74. The zero-order valence-electron chi connectivity index (χ0n) is 15.1. The topological polar surface area (TPSA) is 94.5 Å². The highest BCUT2D eigenvalue weighted by Crippen LogP contribution is 2.45. The van der Waals surface area contributed by atoms with E-state index >= 15 is 0 Å². The van der Waals surface area contributed by atoms with Gasteiger partial charge in [0, 0.05) is 25.6 Å². The van der Waals surface area contributed by atoms with Gasteiger partial charge in [0.25, 0.3) is 5.91 Å². The molecule has 1 N–H and O–H groups in total. The number of amides is 1. The molecule has 0 spiro atoms. The number of nitrogens with zero attached hydrogens (tertiary/aromatic N) is 1. The van der Waals surface area contributed by atoms with Crippen LogP contribution in [0.15, 0.2) is 12.1 Å². The Balaban J connectivity index is 1.94. The van der Waals surface area contributed by atoms with Gasteiger partial charge in [-0.1, -0.05) is 0 Å². The van der Waals surface area contributed by atoms with Gasteiger partial charge in [-0.2, -0.15) is 0 Å². The molecule has 1 amide bonds.